The van der Waals surface area contributed by atoms with E-state index in [1.165, 1.54) is 6.07 Å². The van der Waals surface area contributed by atoms with Crippen LogP contribution in [-0.2, 0) is 0 Å². The van der Waals surface area contributed by atoms with Crippen molar-refractivity contribution in [3.63, 3.8) is 0 Å². The number of rotatable bonds is 1. The van der Waals surface area contributed by atoms with Crippen molar-refractivity contribution in [1.82, 2.24) is 4.98 Å². The van der Waals surface area contributed by atoms with Crippen molar-refractivity contribution in [2.45, 2.75) is 6.92 Å². The molecule has 0 spiro atoms. The van der Waals surface area contributed by atoms with Crippen LogP contribution in [0.25, 0.3) is 10.6 Å². The predicted molar refractivity (Wildman–Crippen MR) is 53.9 cm³/mol. The third kappa shape index (κ3) is 1.70. The van der Waals surface area contributed by atoms with Gasteiger partial charge in [0, 0.05) is 0 Å². The maximum Gasteiger partial charge on any atom is 0.225 e. The number of hydrogen-bond acceptors (Lipinski definition) is 3. The van der Waals surface area contributed by atoms with Crippen LogP contribution in [0.5, 0.6) is 5.88 Å². The third-order valence-electron chi connectivity index (χ3n) is 1.95. The molecule has 0 unspecified atom stereocenters. The van der Waals surface area contributed by atoms with Crippen molar-refractivity contribution in [2.75, 3.05) is 0 Å². The fraction of sp³-hybridized carbons (Fsp3) is 0.100. The van der Waals surface area contributed by atoms with Crippen molar-refractivity contribution in [3.8, 4) is 16.5 Å². The first-order valence-corrected chi connectivity index (χ1v) is 5.02. The van der Waals surface area contributed by atoms with Crippen LogP contribution in [0.15, 0.2) is 18.2 Å². The van der Waals surface area contributed by atoms with Crippen LogP contribution in [0.2, 0.25) is 0 Å². The number of benzene rings is 1. The van der Waals surface area contributed by atoms with Gasteiger partial charge in [-0.05, 0) is 19.1 Å². The summed E-state index contributed by atoms with van der Waals surface area (Å²) in [6, 6.07) is 3.60. The van der Waals surface area contributed by atoms with Gasteiger partial charge in [-0.15, -0.1) is 11.3 Å². The Morgan fingerprint density at radius 3 is 2.33 bits per heavy atom. The van der Waals surface area contributed by atoms with E-state index in [1.54, 1.807) is 6.92 Å². The van der Waals surface area contributed by atoms with E-state index in [9.17, 15) is 13.9 Å². The number of aromatic nitrogens is 1. The molecule has 2 nitrogen and oxygen atoms in total. The minimum atomic E-state index is -0.677. The average molecular weight is 227 g/mol. The normalized spacial score (nSPS) is 10.6. The highest BCUT2D eigenvalue weighted by molar-refractivity contribution is 7.15. The fourth-order valence-electron chi connectivity index (χ4n) is 1.20. The molecule has 0 aliphatic heterocycles. The van der Waals surface area contributed by atoms with Crippen LogP contribution in [0, 0.1) is 18.6 Å². The zero-order valence-corrected chi connectivity index (χ0v) is 8.61. The monoisotopic (exact) mass is 227 g/mol. The van der Waals surface area contributed by atoms with Crippen LogP contribution in [0.1, 0.15) is 4.88 Å². The summed E-state index contributed by atoms with van der Waals surface area (Å²) in [5.74, 6) is -1.54. The summed E-state index contributed by atoms with van der Waals surface area (Å²) in [6.07, 6.45) is 0. The molecule has 1 aromatic heterocycles. The van der Waals surface area contributed by atoms with E-state index in [2.05, 4.69) is 4.98 Å². The molecule has 2 aromatic rings. The van der Waals surface area contributed by atoms with Gasteiger partial charge in [-0.25, -0.2) is 13.8 Å². The van der Waals surface area contributed by atoms with E-state index in [4.69, 9.17) is 0 Å². The summed E-state index contributed by atoms with van der Waals surface area (Å²) in [5.41, 5.74) is -0.189. The molecule has 0 fully saturated rings. The largest absolute Gasteiger partial charge is 0.492 e. The molecule has 5 heteroatoms. The molecule has 1 N–H and O–H groups in total. The zero-order chi connectivity index (χ0) is 11.0. The van der Waals surface area contributed by atoms with Crippen LogP contribution in [-0.4, -0.2) is 10.1 Å². The molecule has 1 heterocycles. The number of nitrogens with zero attached hydrogens (tertiary/aromatic N) is 1. The van der Waals surface area contributed by atoms with Gasteiger partial charge in [0.15, 0.2) is 0 Å². The Hall–Kier alpha value is -1.49. The highest BCUT2D eigenvalue weighted by atomic mass is 32.1. The quantitative estimate of drug-likeness (QED) is 0.812. The van der Waals surface area contributed by atoms with Gasteiger partial charge in [-0.2, -0.15) is 0 Å². The molecule has 0 radical (unpaired) electrons. The van der Waals surface area contributed by atoms with Gasteiger partial charge in [0.2, 0.25) is 5.88 Å². The van der Waals surface area contributed by atoms with Crippen molar-refractivity contribution < 1.29 is 13.9 Å². The lowest BCUT2D eigenvalue weighted by atomic mass is 10.2. The molecule has 1 aromatic carbocycles. The van der Waals surface area contributed by atoms with E-state index >= 15 is 0 Å². The molecule has 0 aliphatic rings. The molecule has 15 heavy (non-hydrogen) atoms. The predicted octanol–water partition coefficient (Wildman–Crippen LogP) is 3.10. The number of halogens is 2. The zero-order valence-electron chi connectivity index (χ0n) is 7.79. The maximum atomic E-state index is 13.3. The first-order chi connectivity index (χ1) is 7.09. The number of aryl methyl sites for hydroxylation is 1. The Labute approximate surface area is 88.8 Å². The van der Waals surface area contributed by atoms with Crippen LogP contribution < -0.4 is 0 Å². The lowest BCUT2D eigenvalue weighted by Gasteiger charge is -1.99. The van der Waals surface area contributed by atoms with Gasteiger partial charge in [0.25, 0.3) is 0 Å². The number of thiazole rings is 1. The summed E-state index contributed by atoms with van der Waals surface area (Å²) in [7, 11) is 0. The molecule has 0 saturated heterocycles. The maximum absolute atomic E-state index is 13.3. The molecule has 78 valence electrons. The Bertz CT molecular complexity index is 470. The minimum Gasteiger partial charge on any atom is -0.492 e. The highest BCUT2D eigenvalue weighted by Gasteiger charge is 2.16. The average Bonchev–Trinajstić information content (AvgIpc) is 2.46. The van der Waals surface area contributed by atoms with E-state index in [0.29, 0.717) is 4.88 Å². The van der Waals surface area contributed by atoms with Gasteiger partial charge in [-0.3, -0.25) is 0 Å². The lowest BCUT2D eigenvalue weighted by molar-refractivity contribution is 0.454. The molecule has 0 amide bonds. The lowest BCUT2D eigenvalue weighted by Crippen LogP contribution is -1.88. The Morgan fingerprint density at radius 2 is 1.87 bits per heavy atom. The number of aromatic hydroxyl groups is 1. The number of hydrogen-bond donors (Lipinski definition) is 1. The first kappa shape index (κ1) is 10.0. The molecule has 0 bridgehead atoms. The first-order valence-electron chi connectivity index (χ1n) is 4.20. The van der Waals surface area contributed by atoms with Crippen molar-refractivity contribution in [3.05, 3.63) is 34.7 Å². The van der Waals surface area contributed by atoms with Gasteiger partial charge < -0.3 is 5.11 Å². The van der Waals surface area contributed by atoms with Crippen molar-refractivity contribution >= 4 is 11.3 Å². The van der Waals surface area contributed by atoms with E-state index in [0.717, 1.165) is 23.5 Å². The van der Waals surface area contributed by atoms with Gasteiger partial charge in [-0.1, -0.05) is 6.07 Å². The van der Waals surface area contributed by atoms with E-state index in [1.807, 2.05) is 0 Å². The Balaban J connectivity index is 2.63. The molecular formula is C10H7F2NOS. The molecular weight excluding hydrogens is 220 g/mol. The summed E-state index contributed by atoms with van der Waals surface area (Å²) in [4.78, 5) is 4.23. The van der Waals surface area contributed by atoms with Gasteiger partial charge in [0.05, 0.1) is 10.4 Å². The SMILES string of the molecule is Cc1sc(-c2c(F)cccc2F)nc1O. The summed E-state index contributed by atoms with van der Waals surface area (Å²) in [5, 5.41) is 9.39. The Kier molecular flexibility index (Phi) is 2.40. The second-order valence-electron chi connectivity index (χ2n) is 3.00. The molecule has 2 rings (SSSR count). The summed E-state index contributed by atoms with van der Waals surface area (Å²) < 4.78 is 26.6. The van der Waals surface area contributed by atoms with Crippen LogP contribution in [0.4, 0.5) is 8.78 Å². The Morgan fingerprint density at radius 1 is 1.27 bits per heavy atom. The van der Waals surface area contributed by atoms with Gasteiger partial charge >= 0.3 is 0 Å². The van der Waals surface area contributed by atoms with Crippen LogP contribution >= 0.6 is 11.3 Å². The topological polar surface area (TPSA) is 33.1 Å². The molecule has 0 aliphatic carbocycles. The van der Waals surface area contributed by atoms with E-state index in [-0.39, 0.29) is 16.5 Å². The second-order valence-corrected chi connectivity index (χ2v) is 4.20. The molecule has 0 atom stereocenters. The molecule has 0 saturated carbocycles. The highest BCUT2D eigenvalue weighted by Crippen LogP contribution is 2.33. The summed E-state index contributed by atoms with van der Waals surface area (Å²) in [6.45, 7) is 1.63. The van der Waals surface area contributed by atoms with Gasteiger partial charge in [0.1, 0.15) is 16.6 Å². The standard InChI is InChI=1S/C10H7F2NOS/c1-5-9(14)13-10(15-5)8-6(11)3-2-4-7(8)12/h2-4,14H,1H3. The second kappa shape index (κ2) is 3.58. The van der Waals surface area contributed by atoms with Crippen molar-refractivity contribution in [2.24, 2.45) is 0 Å². The fourth-order valence-corrected chi connectivity index (χ4v) is 2.05. The van der Waals surface area contributed by atoms with Crippen molar-refractivity contribution in [1.29, 1.82) is 0 Å². The third-order valence-corrected chi connectivity index (χ3v) is 2.93. The smallest absolute Gasteiger partial charge is 0.225 e. The van der Waals surface area contributed by atoms with Crippen LogP contribution in [0.3, 0.4) is 0 Å². The van der Waals surface area contributed by atoms with E-state index < -0.39 is 11.6 Å². The minimum absolute atomic E-state index is 0.153. The summed E-state index contributed by atoms with van der Waals surface area (Å²) >= 11 is 1.05.